The van der Waals surface area contributed by atoms with E-state index in [9.17, 15) is 18.3 Å². The van der Waals surface area contributed by atoms with Crippen LogP contribution in [0.5, 0.6) is 0 Å². The molecule has 0 bridgehead atoms. The third kappa shape index (κ3) is 4.13. The van der Waals surface area contributed by atoms with Crippen LogP contribution < -0.4 is 5.32 Å². The van der Waals surface area contributed by atoms with Crippen LogP contribution in [0.2, 0.25) is 0 Å². The normalized spacial score (nSPS) is 12.8. The van der Waals surface area contributed by atoms with Crippen molar-refractivity contribution < 1.29 is 18.3 Å². The second-order valence-electron chi connectivity index (χ2n) is 5.23. The van der Waals surface area contributed by atoms with E-state index in [1.54, 1.807) is 18.5 Å². The summed E-state index contributed by atoms with van der Waals surface area (Å²) in [6.45, 7) is -0.0153. The lowest BCUT2D eigenvalue weighted by Crippen LogP contribution is -2.15. The van der Waals surface area contributed by atoms with Crippen molar-refractivity contribution in [2.45, 2.75) is 12.3 Å². The number of hydrogen-bond donors (Lipinski definition) is 2. The van der Waals surface area contributed by atoms with Crippen LogP contribution in [0.15, 0.2) is 55.1 Å². The molecule has 3 aromatic rings. The maximum Gasteiger partial charge on any atom is 0.416 e. The molecule has 0 spiro atoms. The monoisotopic (exact) mass is 349 g/mol. The van der Waals surface area contributed by atoms with Gasteiger partial charge in [0, 0.05) is 18.9 Å². The van der Waals surface area contributed by atoms with Gasteiger partial charge in [-0.25, -0.2) is 9.67 Å². The van der Waals surface area contributed by atoms with Crippen LogP contribution in [-0.2, 0) is 6.18 Å². The Hall–Kier alpha value is -2.94. The van der Waals surface area contributed by atoms with Crippen molar-refractivity contribution in [2.24, 2.45) is 0 Å². The predicted molar refractivity (Wildman–Crippen MR) is 84.0 cm³/mol. The van der Waals surface area contributed by atoms with Gasteiger partial charge in [0.2, 0.25) is 0 Å². The number of alkyl halides is 3. The molecule has 0 aliphatic heterocycles. The highest BCUT2D eigenvalue weighted by molar-refractivity contribution is 5.36. The van der Waals surface area contributed by atoms with Crippen LogP contribution in [-0.4, -0.2) is 31.4 Å². The average molecular weight is 349 g/mol. The van der Waals surface area contributed by atoms with Crippen molar-refractivity contribution in [1.29, 1.82) is 0 Å². The lowest BCUT2D eigenvalue weighted by Gasteiger charge is -2.15. The molecule has 25 heavy (non-hydrogen) atoms. The standard InChI is InChI=1S/C16H14F3N5O/c17-16(18,19)12-4-1-3-11(7-12)13(25)8-21-14-9-20-10-15(23-14)24-6-2-5-22-24/h1-7,9-10,13,25H,8H2,(H,21,23). The first-order chi connectivity index (χ1) is 11.9. The number of aliphatic hydroxyl groups is 1. The van der Waals surface area contributed by atoms with Crippen LogP contribution in [0.3, 0.4) is 0 Å². The average Bonchev–Trinajstić information content (AvgIpc) is 3.14. The SMILES string of the molecule is OC(CNc1cncc(-n2cccn2)n1)c1cccc(C(F)(F)F)c1. The molecule has 2 N–H and O–H groups in total. The molecule has 0 radical (unpaired) electrons. The van der Waals surface area contributed by atoms with Crippen LogP contribution in [0, 0.1) is 0 Å². The van der Waals surface area contributed by atoms with Gasteiger partial charge in [-0.3, -0.25) is 4.98 Å². The van der Waals surface area contributed by atoms with Crippen molar-refractivity contribution >= 4 is 5.82 Å². The van der Waals surface area contributed by atoms with Gasteiger partial charge >= 0.3 is 6.18 Å². The highest BCUT2D eigenvalue weighted by Crippen LogP contribution is 2.30. The number of nitrogens with zero attached hydrogens (tertiary/aromatic N) is 4. The molecular weight excluding hydrogens is 335 g/mol. The number of rotatable bonds is 5. The van der Waals surface area contributed by atoms with Crippen LogP contribution in [0.4, 0.5) is 19.0 Å². The van der Waals surface area contributed by atoms with Gasteiger partial charge in [-0.15, -0.1) is 0 Å². The molecule has 1 unspecified atom stereocenters. The molecular formula is C16H14F3N5O. The Bertz CT molecular complexity index is 836. The zero-order valence-electron chi connectivity index (χ0n) is 12.9. The summed E-state index contributed by atoms with van der Waals surface area (Å²) >= 11 is 0. The van der Waals surface area contributed by atoms with Crippen molar-refractivity contribution in [2.75, 3.05) is 11.9 Å². The first-order valence-corrected chi connectivity index (χ1v) is 7.34. The van der Waals surface area contributed by atoms with E-state index < -0.39 is 17.8 Å². The third-order valence-electron chi connectivity index (χ3n) is 3.44. The Labute approximate surface area is 141 Å². The fourth-order valence-corrected chi connectivity index (χ4v) is 2.20. The van der Waals surface area contributed by atoms with Gasteiger partial charge < -0.3 is 10.4 Å². The smallest absolute Gasteiger partial charge is 0.387 e. The Morgan fingerprint density at radius 3 is 2.76 bits per heavy atom. The summed E-state index contributed by atoms with van der Waals surface area (Å²) in [6, 6.07) is 6.33. The molecule has 6 nitrogen and oxygen atoms in total. The molecule has 1 atom stereocenters. The maximum atomic E-state index is 12.7. The van der Waals surface area contributed by atoms with Gasteiger partial charge in [0.15, 0.2) is 5.82 Å². The fraction of sp³-hybridized carbons (Fsp3) is 0.188. The van der Waals surface area contributed by atoms with Gasteiger partial charge in [-0.05, 0) is 23.8 Å². The third-order valence-corrected chi connectivity index (χ3v) is 3.44. The summed E-state index contributed by atoms with van der Waals surface area (Å²) < 4.78 is 39.7. The van der Waals surface area contributed by atoms with Crippen molar-refractivity contribution in [3.63, 3.8) is 0 Å². The van der Waals surface area contributed by atoms with E-state index in [1.807, 2.05) is 0 Å². The van der Waals surface area contributed by atoms with E-state index in [1.165, 1.54) is 29.2 Å². The van der Waals surface area contributed by atoms with Gasteiger partial charge in [-0.2, -0.15) is 18.3 Å². The number of halogens is 3. The molecule has 0 fully saturated rings. The minimum Gasteiger partial charge on any atom is -0.387 e. The zero-order valence-corrected chi connectivity index (χ0v) is 12.9. The summed E-state index contributed by atoms with van der Waals surface area (Å²) in [5.41, 5.74) is -0.636. The fourth-order valence-electron chi connectivity index (χ4n) is 2.20. The van der Waals surface area contributed by atoms with E-state index >= 15 is 0 Å². The largest absolute Gasteiger partial charge is 0.416 e. The summed E-state index contributed by atoms with van der Waals surface area (Å²) in [5.74, 6) is 0.850. The summed E-state index contributed by atoms with van der Waals surface area (Å²) in [7, 11) is 0. The van der Waals surface area contributed by atoms with E-state index in [2.05, 4.69) is 20.4 Å². The Morgan fingerprint density at radius 2 is 2.04 bits per heavy atom. The van der Waals surface area contributed by atoms with E-state index in [-0.39, 0.29) is 12.1 Å². The Balaban J connectivity index is 1.69. The molecule has 0 aliphatic rings. The quantitative estimate of drug-likeness (QED) is 0.741. The van der Waals surface area contributed by atoms with Gasteiger partial charge in [0.05, 0.1) is 24.1 Å². The maximum absolute atomic E-state index is 12.7. The number of aliphatic hydroxyl groups excluding tert-OH is 1. The summed E-state index contributed by atoms with van der Waals surface area (Å²) in [4.78, 5) is 8.29. The zero-order chi connectivity index (χ0) is 17.9. The van der Waals surface area contributed by atoms with Gasteiger partial charge in [0.25, 0.3) is 0 Å². The molecule has 3 rings (SSSR count). The summed E-state index contributed by atoms with van der Waals surface area (Å²) in [5, 5.41) is 17.0. The lowest BCUT2D eigenvalue weighted by molar-refractivity contribution is -0.137. The first-order valence-electron chi connectivity index (χ1n) is 7.34. The molecule has 9 heteroatoms. The Morgan fingerprint density at radius 1 is 1.20 bits per heavy atom. The topological polar surface area (TPSA) is 75.9 Å². The van der Waals surface area contributed by atoms with Crippen LogP contribution >= 0.6 is 0 Å². The molecule has 2 heterocycles. The molecule has 130 valence electrons. The van der Waals surface area contributed by atoms with Crippen LogP contribution in [0.1, 0.15) is 17.2 Å². The summed E-state index contributed by atoms with van der Waals surface area (Å²) in [6.07, 6.45) is 0.683. The number of aromatic nitrogens is 4. The van der Waals surface area contributed by atoms with Crippen molar-refractivity contribution in [3.05, 3.63) is 66.2 Å². The van der Waals surface area contributed by atoms with E-state index in [0.29, 0.717) is 11.6 Å². The number of benzene rings is 1. The van der Waals surface area contributed by atoms with Gasteiger partial charge in [0.1, 0.15) is 5.82 Å². The number of anilines is 1. The van der Waals surface area contributed by atoms with Crippen LogP contribution in [0.25, 0.3) is 5.82 Å². The van der Waals surface area contributed by atoms with Gasteiger partial charge in [-0.1, -0.05) is 12.1 Å². The Kier molecular flexibility index (Phi) is 4.66. The molecule has 2 aromatic heterocycles. The highest BCUT2D eigenvalue weighted by Gasteiger charge is 2.30. The van der Waals surface area contributed by atoms with E-state index in [4.69, 9.17) is 0 Å². The second kappa shape index (κ2) is 6.89. The van der Waals surface area contributed by atoms with Crippen molar-refractivity contribution in [1.82, 2.24) is 19.7 Å². The minimum atomic E-state index is -4.45. The van der Waals surface area contributed by atoms with Crippen molar-refractivity contribution in [3.8, 4) is 5.82 Å². The van der Waals surface area contributed by atoms with E-state index in [0.717, 1.165) is 12.1 Å². The minimum absolute atomic E-state index is 0.0153. The highest BCUT2D eigenvalue weighted by atomic mass is 19.4. The molecule has 0 aliphatic carbocycles. The molecule has 0 saturated heterocycles. The number of hydrogen-bond acceptors (Lipinski definition) is 5. The molecule has 0 saturated carbocycles. The first kappa shape index (κ1) is 16.9. The molecule has 1 aromatic carbocycles. The molecule has 0 amide bonds. The number of nitrogens with one attached hydrogen (secondary N) is 1. The predicted octanol–water partition coefficient (Wildman–Crippen LogP) is 2.83. The second-order valence-corrected chi connectivity index (χ2v) is 5.23. The lowest BCUT2D eigenvalue weighted by atomic mass is 10.1.